The van der Waals surface area contributed by atoms with E-state index >= 15 is 0 Å². The average molecular weight is 322 g/mol. The van der Waals surface area contributed by atoms with Crippen LogP contribution in [0.4, 0.5) is 0 Å². The Morgan fingerprint density at radius 1 is 1.08 bits per heavy atom. The van der Waals surface area contributed by atoms with Crippen LogP contribution in [-0.4, -0.2) is 29.2 Å². The minimum Gasteiger partial charge on any atom is -0.489 e. The van der Waals surface area contributed by atoms with Gasteiger partial charge in [-0.15, -0.1) is 0 Å². The molecule has 0 bridgehead atoms. The highest BCUT2D eigenvalue weighted by molar-refractivity contribution is 5.33. The number of hydrogen-bond acceptors (Lipinski definition) is 4. The van der Waals surface area contributed by atoms with Gasteiger partial charge in [0.05, 0.1) is 17.7 Å². The summed E-state index contributed by atoms with van der Waals surface area (Å²) in [6.07, 6.45) is 1.57. The van der Waals surface area contributed by atoms with Gasteiger partial charge in [0.1, 0.15) is 12.4 Å². The summed E-state index contributed by atoms with van der Waals surface area (Å²) in [5, 5.41) is 18.5. The number of aliphatic hydroxyl groups is 1. The quantitative estimate of drug-likeness (QED) is 0.919. The third-order valence-electron chi connectivity index (χ3n) is 4.32. The number of likely N-dealkylation sites (tertiary alicyclic amines) is 1. The normalized spacial score (nSPS) is 15.8. The van der Waals surface area contributed by atoms with Crippen molar-refractivity contribution < 1.29 is 9.84 Å². The summed E-state index contributed by atoms with van der Waals surface area (Å²) in [5.74, 6) is 0.840. The third kappa shape index (κ3) is 4.58. The van der Waals surface area contributed by atoms with E-state index in [2.05, 4.69) is 23.1 Å². The number of piperidine rings is 1. The van der Waals surface area contributed by atoms with Crippen LogP contribution in [0.25, 0.3) is 0 Å². The van der Waals surface area contributed by atoms with E-state index in [-0.39, 0.29) is 6.10 Å². The molecule has 1 N–H and O–H groups in total. The largest absolute Gasteiger partial charge is 0.489 e. The summed E-state index contributed by atoms with van der Waals surface area (Å²) >= 11 is 0. The summed E-state index contributed by atoms with van der Waals surface area (Å²) in [6, 6.07) is 17.8. The maximum Gasteiger partial charge on any atom is 0.120 e. The van der Waals surface area contributed by atoms with Gasteiger partial charge in [0.25, 0.3) is 0 Å². The minimum absolute atomic E-state index is 0.139. The second kappa shape index (κ2) is 7.96. The molecule has 0 unspecified atom stereocenters. The van der Waals surface area contributed by atoms with Crippen molar-refractivity contribution in [2.75, 3.05) is 13.1 Å². The molecule has 0 radical (unpaired) electrons. The number of ether oxygens (including phenoxy) is 1. The summed E-state index contributed by atoms with van der Waals surface area (Å²) < 4.78 is 5.87. The van der Waals surface area contributed by atoms with Gasteiger partial charge < -0.3 is 9.84 Å². The number of hydrogen-bond donors (Lipinski definition) is 1. The number of nitrogens with zero attached hydrogens (tertiary/aromatic N) is 2. The maximum absolute atomic E-state index is 9.59. The van der Waals surface area contributed by atoms with Crippen LogP contribution < -0.4 is 4.74 Å². The molecule has 0 amide bonds. The summed E-state index contributed by atoms with van der Waals surface area (Å²) in [4.78, 5) is 2.36. The standard InChI is InChI=1S/C20H22N2O2/c21-13-16-3-1-5-18(11-16)15-24-20-6-2-4-17(12-20)14-22-9-7-19(23)8-10-22/h1-6,11-12,19,23H,7-10,14-15H2. The summed E-state index contributed by atoms with van der Waals surface area (Å²) in [7, 11) is 0. The van der Waals surface area contributed by atoms with Gasteiger partial charge in [0.15, 0.2) is 0 Å². The molecule has 1 aliphatic heterocycles. The van der Waals surface area contributed by atoms with Crippen LogP contribution in [-0.2, 0) is 13.2 Å². The molecule has 0 saturated carbocycles. The first-order chi connectivity index (χ1) is 11.7. The zero-order chi connectivity index (χ0) is 16.8. The van der Waals surface area contributed by atoms with Crippen LogP contribution in [0.5, 0.6) is 5.75 Å². The molecule has 4 nitrogen and oxygen atoms in total. The van der Waals surface area contributed by atoms with Crippen molar-refractivity contribution in [3.8, 4) is 11.8 Å². The molecule has 1 saturated heterocycles. The van der Waals surface area contributed by atoms with E-state index in [1.54, 1.807) is 6.07 Å². The zero-order valence-corrected chi connectivity index (χ0v) is 13.7. The molecule has 0 atom stereocenters. The molecule has 1 aliphatic rings. The van der Waals surface area contributed by atoms with Crippen molar-refractivity contribution in [3.63, 3.8) is 0 Å². The van der Waals surface area contributed by atoms with E-state index in [4.69, 9.17) is 10.00 Å². The fraction of sp³-hybridized carbons (Fsp3) is 0.350. The number of aliphatic hydroxyl groups excluding tert-OH is 1. The molecule has 2 aromatic carbocycles. The van der Waals surface area contributed by atoms with Crippen LogP contribution in [0.15, 0.2) is 48.5 Å². The minimum atomic E-state index is -0.139. The van der Waals surface area contributed by atoms with Crippen LogP contribution in [0.1, 0.15) is 29.5 Å². The Kier molecular flexibility index (Phi) is 5.47. The molecule has 24 heavy (non-hydrogen) atoms. The van der Waals surface area contributed by atoms with Gasteiger partial charge in [0.2, 0.25) is 0 Å². The molecule has 4 heteroatoms. The van der Waals surface area contributed by atoms with Crippen LogP contribution >= 0.6 is 0 Å². The zero-order valence-electron chi connectivity index (χ0n) is 13.7. The van der Waals surface area contributed by atoms with Gasteiger partial charge >= 0.3 is 0 Å². The second-order valence-corrected chi connectivity index (χ2v) is 6.26. The average Bonchev–Trinajstić information content (AvgIpc) is 2.62. The second-order valence-electron chi connectivity index (χ2n) is 6.26. The Bertz CT molecular complexity index is 716. The van der Waals surface area contributed by atoms with Crippen LogP contribution in [0, 0.1) is 11.3 Å². The van der Waals surface area contributed by atoms with E-state index in [1.165, 1.54) is 5.56 Å². The van der Waals surface area contributed by atoms with Crippen molar-refractivity contribution in [2.24, 2.45) is 0 Å². The lowest BCUT2D eigenvalue weighted by Gasteiger charge is -2.29. The van der Waals surface area contributed by atoms with Crippen molar-refractivity contribution in [1.82, 2.24) is 4.90 Å². The third-order valence-corrected chi connectivity index (χ3v) is 4.32. The fourth-order valence-corrected chi connectivity index (χ4v) is 2.97. The lowest BCUT2D eigenvalue weighted by molar-refractivity contribution is 0.0792. The topological polar surface area (TPSA) is 56.5 Å². The molecule has 1 fully saturated rings. The number of rotatable bonds is 5. The van der Waals surface area contributed by atoms with E-state index in [0.29, 0.717) is 12.2 Å². The number of benzene rings is 2. The highest BCUT2D eigenvalue weighted by Crippen LogP contribution is 2.19. The van der Waals surface area contributed by atoms with Crippen molar-refractivity contribution >= 4 is 0 Å². The first-order valence-electron chi connectivity index (χ1n) is 8.34. The van der Waals surface area contributed by atoms with Gasteiger partial charge in [-0.2, -0.15) is 5.26 Å². The molecule has 0 aliphatic carbocycles. The molecule has 1 heterocycles. The van der Waals surface area contributed by atoms with Crippen molar-refractivity contribution in [2.45, 2.75) is 32.1 Å². The lowest BCUT2D eigenvalue weighted by atomic mass is 10.1. The van der Waals surface area contributed by atoms with Crippen molar-refractivity contribution in [1.29, 1.82) is 5.26 Å². The van der Waals surface area contributed by atoms with E-state index in [9.17, 15) is 5.11 Å². The van der Waals surface area contributed by atoms with Gasteiger partial charge in [-0.3, -0.25) is 4.90 Å². The molecular weight excluding hydrogens is 300 g/mol. The Balaban J connectivity index is 1.58. The predicted octanol–water partition coefficient (Wildman–Crippen LogP) is 3.09. The summed E-state index contributed by atoms with van der Waals surface area (Å²) in [5.41, 5.74) is 2.86. The van der Waals surface area contributed by atoms with Crippen LogP contribution in [0.2, 0.25) is 0 Å². The molecule has 124 valence electrons. The molecular formula is C20H22N2O2. The Labute approximate surface area is 142 Å². The molecule has 2 aromatic rings. The highest BCUT2D eigenvalue weighted by atomic mass is 16.5. The summed E-state index contributed by atoms with van der Waals surface area (Å²) in [6.45, 7) is 3.21. The predicted molar refractivity (Wildman–Crippen MR) is 92.4 cm³/mol. The van der Waals surface area contributed by atoms with E-state index < -0.39 is 0 Å². The molecule has 3 rings (SSSR count). The van der Waals surface area contributed by atoms with Gasteiger partial charge in [0, 0.05) is 19.6 Å². The molecule has 0 aromatic heterocycles. The SMILES string of the molecule is N#Cc1cccc(COc2cccc(CN3CCC(O)CC3)c2)c1. The number of nitriles is 1. The van der Waals surface area contributed by atoms with E-state index in [0.717, 1.165) is 43.8 Å². The monoisotopic (exact) mass is 322 g/mol. The lowest BCUT2D eigenvalue weighted by Crippen LogP contribution is -2.35. The Hall–Kier alpha value is -2.35. The Morgan fingerprint density at radius 2 is 1.83 bits per heavy atom. The van der Waals surface area contributed by atoms with Crippen molar-refractivity contribution in [3.05, 3.63) is 65.2 Å². The first kappa shape index (κ1) is 16.5. The van der Waals surface area contributed by atoms with Gasteiger partial charge in [-0.25, -0.2) is 0 Å². The maximum atomic E-state index is 9.59. The smallest absolute Gasteiger partial charge is 0.120 e. The fourth-order valence-electron chi connectivity index (χ4n) is 2.97. The van der Waals surface area contributed by atoms with Crippen LogP contribution in [0.3, 0.4) is 0 Å². The Morgan fingerprint density at radius 3 is 2.62 bits per heavy atom. The highest BCUT2D eigenvalue weighted by Gasteiger charge is 2.16. The molecule has 0 spiro atoms. The van der Waals surface area contributed by atoms with Gasteiger partial charge in [-0.1, -0.05) is 24.3 Å². The first-order valence-corrected chi connectivity index (χ1v) is 8.34. The van der Waals surface area contributed by atoms with E-state index in [1.807, 2.05) is 30.3 Å². The van der Waals surface area contributed by atoms with Gasteiger partial charge in [-0.05, 0) is 48.2 Å².